The normalized spacial score (nSPS) is 19.0. The molecule has 0 aliphatic carbocycles. The van der Waals surface area contributed by atoms with Crippen molar-refractivity contribution in [3.8, 4) is 0 Å². The van der Waals surface area contributed by atoms with Crippen molar-refractivity contribution >= 4 is 5.91 Å². The van der Waals surface area contributed by atoms with Crippen LogP contribution in [0, 0.1) is 6.92 Å². The smallest absolute Gasteiger partial charge is 0.292 e. The van der Waals surface area contributed by atoms with Crippen molar-refractivity contribution < 1.29 is 9.32 Å². The molecule has 1 aliphatic rings. The number of hydrogen-bond acceptors (Lipinski definition) is 4. The third-order valence-corrected chi connectivity index (χ3v) is 3.43. The van der Waals surface area contributed by atoms with E-state index in [2.05, 4.69) is 10.3 Å². The summed E-state index contributed by atoms with van der Waals surface area (Å²) in [7, 11) is 0. The van der Waals surface area contributed by atoms with Crippen LogP contribution in [0.5, 0.6) is 0 Å². The van der Waals surface area contributed by atoms with Gasteiger partial charge in [-0.15, -0.1) is 0 Å². The van der Waals surface area contributed by atoms with Gasteiger partial charge < -0.3 is 9.42 Å². The van der Waals surface area contributed by atoms with Crippen molar-refractivity contribution in [2.45, 2.75) is 32.4 Å². The molecule has 0 saturated carbocycles. The molecule has 6 nitrogen and oxygen atoms in total. The van der Waals surface area contributed by atoms with Gasteiger partial charge in [-0.1, -0.05) is 5.16 Å². The van der Waals surface area contributed by atoms with E-state index in [0.717, 1.165) is 31.6 Å². The molecule has 2 aromatic rings. The molecule has 1 unspecified atom stereocenters. The molecule has 0 spiro atoms. The van der Waals surface area contributed by atoms with Crippen LogP contribution in [0.15, 0.2) is 29.0 Å². The number of aromatic nitrogens is 3. The Morgan fingerprint density at radius 2 is 2.47 bits per heavy atom. The van der Waals surface area contributed by atoms with Crippen LogP contribution < -0.4 is 0 Å². The molecule has 1 atom stereocenters. The second-order valence-corrected chi connectivity index (χ2v) is 4.86. The topological polar surface area (TPSA) is 64.2 Å². The standard InChI is InChI=1S/C13H16N4O2/c1-10-8-12(19-15-10)13(18)17-7-2-4-11(17)9-16-6-3-5-14-16/h3,5-6,8,11H,2,4,7,9H2,1H3. The predicted octanol–water partition coefficient (Wildman–Crippen LogP) is 1.48. The number of nitrogens with zero attached hydrogens (tertiary/aromatic N) is 4. The third kappa shape index (κ3) is 2.38. The molecule has 3 rings (SSSR count). The second kappa shape index (κ2) is 4.87. The lowest BCUT2D eigenvalue weighted by Gasteiger charge is -2.23. The fraction of sp³-hybridized carbons (Fsp3) is 0.462. The quantitative estimate of drug-likeness (QED) is 0.838. The van der Waals surface area contributed by atoms with E-state index in [1.807, 2.05) is 28.8 Å². The first-order chi connectivity index (χ1) is 9.24. The minimum atomic E-state index is -0.0738. The number of rotatable bonds is 3. The Balaban J connectivity index is 1.74. The number of likely N-dealkylation sites (tertiary alicyclic amines) is 1. The van der Waals surface area contributed by atoms with Gasteiger partial charge in [-0.25, -0.2) is 0 Å². The molecule has 1 amide bonds. The van der Waals surface area contributed by atoms with E-state index < -0.39 is 0 Å². The summed E-state index contributed by atoms with van der Waals surface area (Å²) >= 11 is 0. The molecule has 2 aromatic heterocycles. The summed E-state index contributed by atoms with van der Waals surface area (Å²) in [6.07, 6.45) is 5.68. The van der Waals surface area contributed by atoms with E-state index >= 15 is 0 Å². The zero-order chi connectivity index (χ0) is 13.2. The number of carbonyl (C=O) groups is 1. The minimum Gasteiger partial charge on any atom is -0.351 e. The number of carbonyl (C=O) groups excluding carboxylic acids is 1. The molecule has 0 N–H and O–H groups in total. The fourth-order valence-corrected chi connectivity index (χ4v) is 2.52. The van der Waals surface area contributed by atoms with Crippen LogP contribution in [0.25, 0.3) is 0 Å². The van der Waals surface area contributed by atoms with Gasteiger partial charge in [-0.05, 0) is 25.8 Å². The molecule has 0 bridgehead atoms. The first-order valence-corrected chi connectivity index (χ1v) is 6.46. The van der Waals surface area contributed by atoms with Gasteiger partial charge >= 0.3 is 0 Å². The SMILES string of the molecule is Cc1cc(C(=O)N2CCCC2Cn2cccn2)on1. The zero-order valence-corrected chi connectivity index (χ0v) is 10.8. The van der Waals surface area contributed by atoms with Gasteiger partial charge in [0, 0.05) is 25.0 Å². The van der Waals surface area contributed by atoms with Crippen molar-refractivity contribution in [2.75, 3.05) is 6.54 Å². The summed E-state index contributed by atoms with van der Waals surface area (Å²) in [6, 6.07) is 3.75. The van der Waals surface area contributed by atoms with Crippen LogP contribution in [-0.2, 0) is 6.54 Å². The summed E-state index contributed by atoms with van der Waals surface area (Å²) in [5.41, 5.74) is 0.728. The van der Waals surface area contributed by atoms with E-state index in [4.69, 9.17) is 4.52 Å². The summed E-state index contributed by atoms with van der Waals surface area (Å²) in [5.74, 6) is 0.250. The highest BCUT2D eigenvalue weighted by Crippen LogP contribution is 2.21. The zero-order valence-electron chi connectivity index (χ0n) is 10.8. The molecule has 19 heavy (non-hydrogen) atoms. The second-order valence-electron chi connectivity index (χ2n) is 4.86. The average molecular weight is 260 g/mol. The Morgan fingerprint density at radius 3 is 3.16 bits per heavy atom. The van der Waals surface area contributed by atoms with E-state index in [1.165, 1.54) is 0 Å². The van der Waals surface area contributed by atoms with Crippen LogP contribution in [-0.4, -0.2) is 38.3 Å². The van der Waals surface area contributed by atoms with Gasteiger partial charge in [0.2, 0.25) is 5.76 Å². The maximum Gasteiger partial charge on any atom is 0.292 e. The van der Waals surface area contributed by atoms with E-state index in [1.54, 1.807) is 12.3 Å². The van der Waals surface area contributed by atoms with Crippen molar-refractivity contribution in [2.24, 2.45) is 0 Å². The monoisotopic (exact) mass is 260 g/mol. The Hall–Kier alpha value is -2.11. The Bertz CT molecular complexity index is 561. The van der Waals surface area contributed by atoms with Crippen molar-refractivity contribution in [1.82, 2.24) is 19.8 Å². The molecule has 6 heteroatoms. The molecule has 1 aliphatic heterocycles. The number of hydrogen-bond donors (Lipinski definition) is 0. The average Bonchev–Trinajstić information content (AvgIpc) is 3.10. The van der Waals surface area contributed by atoms with Gasteiger partial charge in [0.05, 0.1) is 18.3 Å². The van der Waals surface area contributed by atoms with Crippen molar-refractivity contribution in [3.63, 3.8) is 0 Å². The molecular weight excluding hydrogens is 244 g/mol. The van der Waals surface area contributed by atoms with Gasteiger partial charge in [0.1, 0.15) is 0 Å². The Morgan fingerprint density at radius 1 is 1.58 bits per heavy atom. The number of aryl methyl sites for hydroxylation is 1. The van der Waals surface area contributed by atoms with Crippen molar-refractivity contribution in [3.05, 3.63) is 36.0 Å². The summed E-state index contributed by atoms with van der Waals surface area (Å²) in [6.45, 7) is 3.31. The van der Waals surface area contributed by atoms with Crippen LogP contribution in [0.2, 0.25) is 0 Å². The highest BCUT2D eigenvalue weighted by atomic mass is 16.5. The first kappa shape index (κ1) is 12.0. The largest absolute Gasteiger partial charge is 0.351 e. The van der Waals surface area contributed by atoms with Gasteiger partial charge in [-0.2, -0.15) is 5.10 Å². The van der Waals surface area contributed by atoms with Gasteiger partial charge in [-0.3, -0.25) is 9.48 Å². The van der Waals surface area contributed by atoms with E-state index in [9.17, 15) is 4.79 Å². The molecule has 3 heterocycles. The van der Waals surface area contributed by atoms with E-state index in [-0.39, 0.29) is 11.9 Å². The van der Waals surface area contributed by atoms with Gasteiger partial charge in [0.25, 0.3) is 5.91 Å². The highest BCUT2D eigenvalue weighted by Gasteiger charge is 2.31. The third-order valence-electron chi connectivity index (χ3n) is 3.43. The molecular formula is C13H16N4O2. The van der Waals surface area contributed by atoms with Crippen LogP contribution >= 0.6 is 0 Å². The maximum atomic E-state index is 12.4. The maximum absolute atomic E-state index is 12.4. The Labute approximate surface area is 111 Å². The van der Waals surface area contributed by atoms with E-state index in [0.29, 0.717) is 5.76 Å². The molecule has 1 saturated heterocycles. The molecule has 100 valence electrons. The lowest BCUT2D eigenvalue weighted by Crippen LogP contribution is -2.38. The lowest BCUT2D eigenvalue weighted by atomic mass is 10.2. The summed E-state index contributed by atoms with van der Waals surface area (Å²) < 4.78 is 6.92. The van der Waals surface area contributed by atoms with Crippen LogP contribution in [0.4, 0.5) is 0 Å². The predicted molar refractivity (Wildman–Crippen MR) is 67.5 cm³/mol. The van der Waals surface area contributed by atoms with Crippen LogP contribution in [0.1, 0.15) is 29.1 Å². The van der Waals surface area contributed by atoms with Crippen LogP contribution in [0.3, 0.4) is 0 Å². The minimum absolute atomic E-state index is 0.0738. The van der Waals surface area contributed by atoms with Gasteiger partial charge in [0.15, 0.2) is 0 Å². The first-order valence-electron chi connectivity index (χ1n) is 6.46. The summed E-state index contributed by atoms with van der Waals surface area (Å²) in [5, 5.41) is 7.96. The molecule has 0 aromatic carbocycles. The fourth-order valence-electron chi connectivity index (χ4n) is 2.52. The van der Waals surface area contributed by atoms with Crippen molar-refractivity contribution in [1.29, 1.82) is 0 Å². The number of amides is 1. The summed E-state index contributed by atoms with van der Waals surface area (Å²) in [4.78, 5) is 14.2. The highest BCUT2D eigenvalue weighted by molar-refractivity contribution is 5.91. The Kier molecular flexibility index (Phi) is 3.06. The lowest BCUT2D eigenvalue weighted by molar-refractivity contribution is 0.0679. The molecule has 1 fully saturated rings. The molecule has 0 radical (unpaired) electrons.